The van der Waals surface area contributed by atoms with Crippen LogP contribution in [-0.2, 0) is 0 Å². The van der Waals surface area contributed by atoms with Crippen molar-refractivity contribution in [2.24, 2.45) is 0 Å². The summed E-state index contributed by atoms with van der Waals surface area (Å²) >= 11 is 1.84. The summed E-state index contributed by atoms with van der Waals surface area (Å²) in [6, 6.07) is 57.1. The Hall–Kier alpha value is -5.70. The van der Waals surface area contributed by atoms with E-state index in [1.807, 2.05) is 11.3 Å². The van der Waals surface area contributed by atoms with Gasteiger partial charge in [0.25, 0.3) is 0 Å². The molecule has 0 spiro atoms. The molecule has 0 amide bonds. The Labute approximate surface area is 269 Å². The highest BCUT2D eigenvalue weighted by atomic mass is 32.1. The Morgan fingerprint density at radius 1 is 0.391 bits per heavy atom. The maximum atomic E-state index is 6.69. The predicted molar refractivity (Wildman–Crippen MR) is 198 cm³/mol. The molecule has 0 atom stereocenters. The number of furan rings is 1. The molecule has 214 valence electrons. The first-order valence-corrected chi connectivity index (χ1v) is 16.5. The van der Waals surface area contributed by atoms with Crippen molar-refractivity contribution in [3.8, 4) is 33.6 Å². The predicted octanol–water partition coefficient (Wildman–Crippen LogP) is 13.3. The van der Waals surface area contributed by atoms with Gasteiger partial charge in [0.2, 0.25) is 0 Å². The van der Waals surface area contributed by atoms with Crippen molar-refractivity contribution in [2.75, 3.05) is 0 Å². The smallest absolute Gasteiger partial charge is 0.136 e. The van der Waals surface area contributed by atoms with Gasteiger partial charge in [0, 0.05) is 36.7 Å². The van der Waals surface area contributed by atoms with E-state index in [1.165, 1.54) is 74.7 Å². The average molecular weight is 603 g/mol. The van der Waals surface area contributed by atoms with Crippen LogP contribution in [0.5, 0.6) is 0 Å². The lowest BCUT2D eigenvalue weighted by Crippen LogP contribution is -1.92. The molecule has 0 saturated carbocycles. The third-order valence-corrected chi connectivity index (χ3v) is 10.6. The Balaban J connectivity index is 1.42. The van der Waals surface area contributed by atoms with Crippen molar-refractivity contribution in [1.82, 2.24) is 0 Å². The van der Waals surface area contributed by atoms with Crippen LogP contribution in [0.1, 0.15) is 0 Å². The van der Waals surface area contributed by atoms with Gasteiger partial charge >= 0.3 is 0 Å². The fourth-order valence-corrected chi connectivity index (χ4v) is 8.66. The summed E-state index contributed by atoms with van der Waals surface area (Å²) < 4.78 is 9.22. The van der Waals surface area contributed by atoms with Crippen LogP contribution < -0.4 is 0 Å². The number of hydrogen-bond donors (Lipinski definition) is 0. The zero-order chi connectivity index (χ0) is 30.2. The monoisotopic (exact) mass is 602 g/mol. The minimum atomic E-state index is 0.889. The molecule has 0 radical (unpaired) electrons. The van der Waals surface area contributed by atoms with Crippen LogP contribution in [0.2, 0.25) is 0 Å². The van der Waals surface area contributed by atoms with Gasteiger partial charge in [0.15, 0.2) is 0 Å². The van der Waals surface area contributed by atoms with Crippen molar-refractivity contribution in [3.05, 3.63) is 158 Å². The van der Waals surface area contributed by atoms with Crippen molar-refractivity contribution >= 4 is 74.8 Å². The van der Waals surface area contributed by atoms with Crippen molar-refractivity contribution in [3.63, 3.8) is 0 Å². The lowest BCUT2D eigenvalue weighted by molar-refractivity contribution is 0.632. The Morgan fingerprint density at radius 3 is 1.72 bits per heavy atom. The fourth-order valence-electron chi connectivity index (χ4n) is 7.52. The highest BCUT2D eigenvalue weighted by molar-refractivity contribution is 7.26. The molecule has 2 aromatic heterocycles. The fraction of sp³-hybridized carbons (Fsp3) is 0. The first kappa shape index (κ1) is 25.6. The first-order chi connectivity index (χ1) is 22.8. The van der Waals surface area contributed by atoms with Gasteiger partial charge in [-0.3, -0.25) is 0 Å². The van der Waals surface area contributed by atoms with Gasteiger partial charge in [0.1, 0.15) is 11.3 Å². The molecular weight excluding hydrogens is 577 g/mol. The molecule has 10 rings (SSSR count). The largest absolute Gasteiger partial charge is 0.456 e. The first-order valence-electron chi connectivity index (χ1n) is 15.7. The lowest BCUT2D eigenvalue weighted by atomic mass is 9.83. The Morgan fingerprint density at radius 2 is 0.978 bits per heavy atom. The van der Waals surface area contributed by atoms with Gasteiger partial charge in [-0.25, -0.2) is 0 Å². The molecule has 0 unspecified atom stereocenters. The highest BCUT2D eigenvalue weighted by Crippen LogP contribution is 2.51. The third kappa shape index (κ3) is 3.68. The van der Waals surface area contributed by atoms with Gasteiger partial charge in [-0.1, -0.05) is 140 Å². The van der Waals surface area contributed by atoms with Crippen LogP contribution in [0.15, 0.2) is 162 Å². The summed E-state index contributed by atoms with van der Waals surface area (Å²) in [4.78, 5) is 0. The summed E-state index contributed by atoms with van der Waals surface area (Å²) in [6.07, 6.45) is 0. The summed E-state index contributed by atoms with van der Waals surface area (Å²) in [5, 5.41) is 11.2. The highest BCUT2D eigenvalue weighted by Gasteiger charge is 2.24. The van der Waals surface area contributed by atoms with E-state index in [2.05, 4.69) is 158 Å². The summed E-state index contributed by atoms with van der Waals surface area (Å²) in [5.41, 5.74) is 7.04. The molecule has 0 aliphatic carbocycles. The van der Waals surface area contributed by atoms with Gasteiger partial charge in [-0.05, 0) is 67.2 Å². The van der Waals surface area contributed by atoms with Crippen molar-refractivity contribution in [1.29, 1.82) is 0 Å². The van der Waals surface area contributed by atoms with E-state index < -0.39 is 0 Å². The molecule has 0 saturated heterocycles. The number of hydrogen-bond acceptors (Lipinski definition) is 2. The van der Waals surface area contributed by atoms with Gasteiger partial charge < -0.3 is 4.42 Å². The van der Waals surface area contributed by atoms with Crippen LogP contribution in [-0.4, -0.2) is 0 Å². The molecule has 8 aromatic carbocycles. The molecule has 46 heavy (non-hydrogen) atoms. The van der Waals surface area contributed by atoms with Gasteiger partial charge in [-0.15, -0.1) is 11.3 Å². The van der Waals surface area contributed by atoms with Crippen LogP contribution in [0.25, 0.3) is 97.0 Å². The quantitative estimate of drug-likeness (QED) is 0.183. The normalized spacial score (nSPS) is 11.9. The molecule has 0 bridgehead atoms. The van der Waals surface area contributed by atoms with E-state index in [9.17, 15) is 0 Å². The maximum absolute atomic E-state index is 6.69. The van der Waals surface area contributed by atoms with Crippen LogP contribution in [0, 0.1) is 0 Å². The zero-order valence-corrected chi connectivity index (χ0v) is 25.6. The number of thiophene rings is 1. The maximum Gasteiger partial charge on any atom is 0.136 e. The van der Waals surface area contributed by atoms with Crippen molar-refractivity contribution in [2.45, 2.75) is 0 Å². The second-order valence-electron chi connectivity index (χ2n) is 12.0. The molecule has 0 aliphatic heterocycles. The Kier molecular flexibility index (Phi) is 5.51. The Bertz CT molecular complexity index is 2740. The second-order valence-corrected chi connectivity index (χ2v) is 13.1. The topological polar surface area (TPSA) is 13.1 Å². The SMILES string of the molecule is c1ccc(-c2cc3c(-c4c5ccccc5c(-c5cccc6ccccc56)c5ccccc45)c4c(cc3o2)sc2ccccc24)cc1. The van der Waals surface area contributed by atoms with E-state index in [1.54, 1.807) is 0 Å². The number of benzene rings is 8. The van der Waals surface area contributed by atoms with E-state index >= 15 is 0 Å². The third-order valence-electron chi connectivity index (χ3n) is 9.46. The summed E-state index contributed by atoms with van der Waals surface area (Å²) in [5.74, 6) is 0.889. The minimum absolute atomic E-state index is 0.889. The van der Waals surface area contributed by atoms with E-state index in [0.717, 1.165) is 22.3 Å². The molecule has 0 N–H and O–H groups in total. The minimum Gasteiger partial charge on any atom is -0.456 e. The molecule has 0 fully saturated rings. The van der Waals surface area contributed by atoms with Crippen LogP contribution in [0.4, 0.5) is 0 Å². The molecule has 1 nitrogen and oxygen atoms in total. The molecule has 0 aliphatic rings. The zero-order valence-electron chi connectivity index (χ0n) is 24.8. The van der Waals surface area contributed by atoms with E-state index in [0.29, 0.717) is 0 Å². The van der Waals surface area contributed by atoms with Crippen molar-refractivity contribution < 1.29 is 4.42 Å². The van der Waals surface area contributed by atoms with Crippen LogP contribution in [0.3, 0.4) is 0 Å². The van der Waals surface area contributed by atoms with Crippen LogP contribution >= 0.6 is 11.3 Å². The lowest BCUT2D eigenvalue weighted by Gasteiger charge is -2.19. The summed E-state index contributed by atoms with van der Waals surface area (Å²) in [7, 11) is 0. The standard InChI is InChI=1S/C44H26OS/c1-2-14-28(15-3-1)37-25-36-38(45-37)26-40-43(35-22-10-11-24-39(35)46-40)44(36)42-33-20-8-6-18-31(33)41(32-19-7-9-21-34(32)42)30-23-12-16-27-13-4-5-17-29(27)30/h1-26H. The van der Waals surface area contributed by atoms with E-state index in [-0.39, 0.29) is 0 Å². The summed E-state index contributed by atoms with van der Waals surface area (Å²) in [6.45, 7) is 0. The number of rotatable bonds is 3. The second kappa shape index (κ2) is 9.90. The molecular formula is C44H26OS. The molecule has 2 heteroatoms. The van der Waals surface area contributed by atoms with Gasteiger partial charge in [0.05, 0.1) is 0 Å². The van der Waals surface area contributed by atoms with Gasteiger partial charge in [-0.2, -0.15) is 0 Å². The molecule has 10 aromatic rings. The average Bonchev–Trinajstić information content (AvgIpc) is 3.71. The van der Waals surface area contributed by atoms with E-state index in [4.69, 9.17) is 4.42 Å². The number of fused-ring (bicyclic) bond motifs is 7. The molecule has 2 heterocycles.